The van der Waals surface area contributed by atoms with Crippen LogP contribution in [0.15, 0.2) is 12.1 Å². The van der Waals surface area contributed by atoms with Crippen LogP contribution in [0, 0.1) is 13.8 Å². The molecule has 8 heteroatoms. The second-order valence-corrected chi connectivity index (χ2v) is 9.23. The van der Waals surface area contributed by atoms with Crippen molar-refractivity contribution in [2.45, 2.75) is 51.9 Å². The number of nitrogens with one attached hydrogen (secondary N) is 4. The SMILES string of the molecule is CNCCNCCNCCNC.Cc1cc(C2CCCCC2)cc(C)n1.[Cl][Mn][Cl]. The molecule has 1 heterocycles. The minimum atomic E-state index is 0.00694. The number of rotatable bonds is 10. The molecule has 0 aromatic carbocycles. The fourth-order valence-corrected chi connectivity index (χ4v) is 3.39. The molecular formula is C21H41Cl2MnN5. The van der Waals surface area contributed by atoms with Gasteiger partial charge >= 0.3 is 33.3 Å². The van der Waals surface area contributed by atoms with Crippen molar-refractivity contribution < 1.29 is 13.1 Å². The van der Waals surface area contributed by atoms with Gasteiger partial charge in [0.25, 0.3) is 0 Å². The molecule has 0 radical (unpaired) electrons. The van der Waals surface area contributed by atoms with Crippen molar-refractivity contribution in [2.24, 2.45) is 0 Å². The summed E-state index contributed by atoms with van der Waals surface area (Å²) in [6.07, 6.45) is 7.00. The van der Waals surface area contributed by atoms with Gasteiger partial charge in [-0.1, -0.05) is 19.3 Å². The van der Waals surface area contributed by atoms with Crippen molar-refractivity contribution in [3.63, 3.8) is 0 Å². The average molecular weight is 489 g/mol. The quantitative estimate of drug-likeness (QED) is 0.298. The van der Waals surface area contributed by atoms with Crippen LogP contribution in [0.2, 0.25) is 0 Å². The number of likely N-dealkylation sites (N-methyl/N-ethyl adjacent to an activating group) is 2. The summed E-state index contributed by atoms with van der Waals surface area (Å²) in [5.74, 6) is 0.809. The summed E-state index contributed by atoms with van der Waals surface area (Å²) in [5.41, 5.74) is 3.87. The van der Waals surface area contributed by atoms with E-state index in [-0.39, 0.29) is 13.1 Å². The van der Waals surface area contributed by atoms with Crippen LogP contribution in [-0.4, -0.2) is 58.3 Å². The number of nitrogens with zero attached hydrogens (tertiary/aromatic N) is 1. The average Bonchev–Trinajstić information content (AvgIpc) is 2.71. The molecule has 1 aliphatic carbocycles. The van der Waals surface area contributed by atoms with Crippen molar-refractivity contribution >= 4 is 20.2 Å². The van der Waals surface area contributed by atoms with E-state index in [1.54, 1.807) is 0 Å². The van der Waals surface area contributed by atoms with Gasteiger partial charge in [-0.15, -0.1) is 0 Å². The first-order valence-corrected chi connectivity index (χ1v) is 13.9. The summed E-state index contributed by atoms with van der Waals surface area (Å²) in [6.45, 7) is 10.5. The zero-order chi connectivity index (χ0) is 21.7. The van der Waals surface area contributed by atoms with Crippen molar-refractivity contribution in [2.75, 3.05) is 53.4 Å². The van der Waals surface area contributed by atoms with E-state index < -0.39 is 0 Å². The number of hydrogen-bond acceptors (Lipinski definition) is 5. The maximum atomic E-state index is 4.80. The summed E-state index contributed by atoms with van der Waals surface area (Å²) in [6, 6.07) is 4.53. The Morgan fingerprint density at radius 3 is 1.66 bits per heavy atom. The Morgan fingerprint density at radius 1 is 0.828 bits per heavy atom. The molecule has 5 nitrogen and oxygen atoms in total. The Hall–Kier alpha value is 0.0895. The minimum absolute atomic E-state index is 0.00694. The van der Waals surface area contributed by atoms with E-state index in [9.17, 15) is 0 Å². The van der Waals surface area contributed by atoms with Gasteiger partial charge in [-0.05, 0) is 64.4 Å². The van der Waals surface area contributed by atoms with Crippen LogP contribution in [-0.2, 0) is 13.1 Å². The van der Waals surface area contributed by atoms with E-state index in [1.165, 1.54) is 49.1 Å². The molecule has 0 spiro atoms. The first-order chi connectivity index (χ1) is 14.1. The van der Waals surface area contributed by atoms with Crippen molar-refractivity contribution in [3.05, 3.63) is 29.1 Å². The predicted octanol–water partition coefficient (Wildman–Crippen LogP) is 3.73. The third-order valence-corrected chi connectivity index (χ3v) is 4.76. The third-order valence-electron chi connectivity index (χ3n) is 4.76. The van der Waals surface area contributed by atoms with Gasteiger partial charge in [0.15, 0.2) is 0 Å². The first-order valence-electron chi connectivity index (χ1n) is 10.6. The number of pyridine rings is 1. The molecular weight excluding hydrogens is 448 g/mol. The van der Waals surface area contributed by atoms with E-state index in [0.29, 0.717) is 0 Å². The molecule has 4 N–H and O–H groups in total. The Labute approximate surface area is 193 Å². The molecule has 1 aliphatic rings. The molecule has 0 bridgehead atoms. The van der Waals surface area contributed by atoms with Crippen LogP contribution in [0.5, 0.6) is 0 Å². The fourth-order valence-electron chi connectivity index (χ4n) is 3.39. The summed E-state index contributed by atoms with van der Waals surface area (Å²) in [4.78, 5) is 4.43. The van der Waals surface area contributed by atoms with Crippen LogP contribution in [0.4, 0.5) is 0 Å². The summed E-state index contributed by atoms with van der Waals surface area (Å²) < 4.78 is 0. The van der Waals surface area contributed by atoms with E-state index in [2.05, 4.69) is 52.2 Å². The Bertz CT molecular complexity index is 458. The molecule has 2 rings (SSSR count). The molecule has 1 saturated carbocycles. The van der Waals surface area contributed by atoms with Crippen LogP contribution < -0.4 is 21.3 Å². The molecule has 0 amide bonds. The maximum absolute atomic E-state index is 4.80. The summed E-state index contributed by atoms with van der Waals surface area (Å²) in [7, 11) is 13.5. The monoisotopic (exact) mass is 488 g/mol. The van der Waals surface area contributed by atoms with Gasteiger partial charge in [-0.25, -0.2) is 0 Å². The van der Waals surface area contributed by atoms with Crippen molar-refractivity contribution in [3.8, 4) is 0 Å². The van der Waals surface area contributed by atoms with Gasteiger partial charge in [0.2, 0.25) is 0 Å². The first kappa shape index (κ1) is 29.1. The predicted molar refractivity (Wildman–Crippen MR) is 125 cm³/mol. The van der Waals surface area contributed by atoms with E-state index >= 15 is 0 Å². The molecule has 1 aromatic heterocycles. The van der Waals surface area contributed by atoms with Crippen LogP contribution in [0.1, 0.15) is 55.0 Å². The zero-order valence-corrected chi connectivity index (χ0v) is 21.3. The van der Waals surface area contributed by atoms with Gasteiger partial charge < -0.3 is 21.3 Å². The molecule has 1 aromatic rings. The second kappa shape index (κ2) is 21.3. The number of aromatic nitrogens is 1. The van der Waals surface area contributed by atoms with Crippen LogP contribution in [0.25, 0.3) is 0 Å². The van der Waals surface area contributed by atoms with Crippen molar-refractivity contribution in [1.82, 2.24) is 26.3 Å². The third kappa shape index (κ3) is 17.5. The van der Waals surface area contributed by atoms with E-state index in [1.807, 2.05) is 14.1 Å². The molecule has 1 fully saturated rings. The molecule has 0 saturated heterocycles. The Morgan fingerprint density at radius 2 is 1.24 bits per heavy atom. The number of halogens is 2. The molecule has 0 unspecified atom stereocenters. The molecule has 0 atom stereocenters. The normalized spacial score (nSPS) is 13.9. The molecule has 171 valence electrons. The molecule has 29 heavy (non-hydrogen) atoms. The summed E-state index contributed by atoms with van der Waals surface area (Å²) in [5, 5.41) is 12.8. The van der Waals surface area contributed by atoms with Gasteiger partial charge in [0.05, 0.1) is 0 Å². The number of hydrogen-bond donors (Lipinski definition) is 4. The van der Waals surface area contributed by atoms with Gasteiger partial charge in [0.1, 0.15) is 0 Å². The second-order valence-electron chi connectivity index (χ2n) is 7.28. The van der Waals surface area contributed by atoms with Gasteiger partial charge in [0, 0.05) is 50.7 Å². The Balaban J connectivity index is 0.000000483. The summed E-state index contributed by atoms with van der Waals surface area (Å²) >= 11 is 0.00694. The standard InChI is InChI=1S/C13H19N.C8H22N4.2ClH.Mn/c1-10-8-13(9-11(2)14-10)12-6-4-3-5-7-12;1-9-3-5-11-7-8-12-6-4-10-2;;;/h8-9,12H,3-7H2,1-2H3;9-12H,3-8H2,1-2H3;2*1H;/q;;;;+2/p-2. The topological polar surface area (TPSA) is 61.0 Å². The van der Waals surface area contributed by atoms with E-state index in [0.717, 1.165) is 45.2 Å². The number of aryl methyl sites for hydroxylation is 2. The fraction of sp³-hybridized carbons (Fsp3) is 0.762. The molecule has 0 aliphatic heterocycles. The van der Waals surface area contributed by atoms with Crippen molar-refractivity contribution in [1.29, 1.82) is 0 Å². The van der Waals surface area contributed by atoms with Gasteiger partial charge in [-0.2, -0.15) is 0 Å². The zero-order valence-electron chi connectivity index (χ0n) is 18.6. The van der Waals surface area contributed by atoms with Gasteiger partial charge in [-0.3, -0.25) is 4.98 Å². The van der Waals surface area contributed by atoms with Crippen LogP contribution in [0.3, 0.4) is 0 Å². The Kier molecular flexibility index (Phi) is 21.4. The van der Waals surface area contributed by atoms with E-state index in [4.69, 9.17) is 20.2 Å². The van der Waals surface area contributed by atoms with Crippen LogP contribution >= 0.6 is 20.2 Å².